The van der Waals surface area contributed by atoms with Crippen LogP contribution in [0, 0.1) is 5.92 Å². The lowest BCUT2D eigenvalue weighted by Gasteiger charge is -2.20. The Morgan fingerprint density at radius 2 is 2.00 bits per heavy atom. The molecule has 2 rings (SSSR count). The maximum atomic E-state index is 12.1. The third-order valence-electron chi connectivity index (χ3n) is 4.39. The van der Waals surface area contributed by atoms with Gasteiger partial charge in [0.15, 0.2) is 0 Å². The minimum absolute atomic E-state index is 0.0158. The van der Waals surface area contributed by atoms with E-state index in [9.17, 15) is 9.59 Å². The van der Waals surface area contributed by atoms with E-state index in [-0.39, 0.29) is 17.8 Å². The van der Waals surface area contributed by atoms with Gasteiger partial charge < -0.3 is 9.64 Å². The van der Waals surface area contributed by atoms with E-state index in [0.29, 0.717) is 12.3 Å². The van der Waals surface area contributed by atoms with Crippen molar-refractivity contribution in [3.05, 3.63) is 11.8 Å². The van der Waals surface area contributed by atoms with Crippen LogP contribution in [0.3, 0.4) is 0 Å². The first kappa shape index (κ1) is 16.1. The molecule has 1 saturated carbocycles. The molecule has 0 N–H and O–H groups in total. The predicted octanol–water partition coefficient (Wildman–Crippen LogP) is 3.42. The molecule has 0 unspecified atom stereocenters. The van der Waals surface area contributed by atoms with Crippen LogP contribution >= 0.6 is 0 Å². The van der Waals surface area contributed by atoms with Crippen LogP contribution < -0.4 is 0 Å². The molecule has 1 aliphatic carbocycles. The number of ether oxygens (including phenoxy) is 1. The number of nitrogens with zero attached hydrogens (tertiary/aromatic N) is 1. The van der Waals surface area contributed by atoms with E-state index >= 15 is 0 Å². The summed E-state index contributed by atoms with van der Waals surface area (Å²) in [4.78, 5) is 25.7. The molecule has 0 radical (unpaired) electrons. The van der Waals surface area contributed by atoms with Crippen molar-refractivity contribution in [3.8, 4) is 0 Å². The van der Waals surface area contributed by atoms with Crippen LogP contribution in [-0.2, 0) is 14.3 Å². The zero-order valence-electron chi connectivity index (χ0n) is 13.1. The van der Waals surface area contributed by atoms with Gasteiger partial charge in [-0.3, -0.25) is 9.59 Å². The van der Waals surface area contributed by atoms with Crippen molar-refractivity contribution in [2.24, 2.45) is 5.92 Å². The van der Waals surface area contributed by atoms with Crippen LogP contribution in [0.15, 0.2) is 11.8 Å². The molecule has 1 fully saturated rings. The average molecular weight is 293 g/mol. The van der Waals surface area contributed by atoms with Crippen molar-refractivity contribution in [1.82, 2.24) is 4.90 Å². The molecule has 0 aromatic carbocycles. The number of rotatable bonds is 7. The fourth-order valence-electron chi connectivity index (χ4n) is 3.07. The molecule has 0 saturated heterocycles. The lowest BCUT2D eigenvalue weighted by Crippen LogP contribution is -2.28. The van der Waals surface area contributed by atoms with Gasteiger partial charge in [-0.2, -0.15) is 0 Å². The van der Waals surface area contributed by atoms with Crippen LogP contribution in [0.4, 0.5) is 0 Å². The molecule has 0 aromatic rings. The van der Waals surface area contributed by atoms with Gasteiger partial charge in [-0.05, 0) is 19.3 Å². The van der Waals surface area contributed by atoms with Gasteiger partial charge in [0.1, 0.15) is 5.76 Å². The van der Waals surface area contributed by atoms with Crippen molar-refractivity contribution in [2.45, 2.75) is 64.7 Å². The number of hydrogen-bond acceptors (Lipinski definition) is 3. The number of amides is 1. The molecular weight excluding hydrogens is 266 g/mol. The summed E-state index contributed by atoms with van der Waals surface area (Å²) in [7, 11) is 0. The maximum Gasteiger partial charge on any atom is 0.314 e. The van der Waals surface area contributed by atoms with Crippen LogP contribution in [0.5, 0.6) is 0 Å². The van der Waals surface area contributed by atoms with E-state index in [2.05, 4.69) is 6.92 Å². The number of esters is 1. The topological polar surface area (TPSA) is 46.6 Å². The Morgan fingerprint density at radius 1 is 1.24 bits per heavy atom. The Bertz CT molecular complexity index is 397. The van der Waals surface area contributed by atoms with Gasteiger partial charge in [0, 0.05) is 12.6 Å². The van der Waals surface area contributed by atoms with Crippen LogP contribution in [0.2, 0.25) is 0 Å². The molecule has 1 aliphatic heterocycles. The Hall–Kier alpha value is -1.32. The summed E-state index contributed by atoms with van der Waals surface area (Å²) in [5.41, 5.74) is 0. The van der Waals surface area contributed by atoms with E-state index in [1.54, 1.807) is 4.90 Å². The highest BCUT2D eigenvalue weighted by molar-refractivity contribution is 5.91. The summed E-state index contributed by atoms with van der Waals surface area (Å²) in [5, 5.41) is 0. The highest BCUT2D eigenvalue weighted by atomic mass is 16.5. The second-order valence-corrected chi connectivity index (χ2v) is 6.19. The van der Waals surface area contributed by atoms with E-state index in [1.165, 1.54) is 25.3 Å². The molecule has 0 spiro atoms. The fourth-order valence-corrected chi connectivity index (χ4v) is 3.07. The second kappa shape index (κ2) is 8.20. The van der Waals surface area contributed by atoms with Crippen LogP contribution in [0.25, 0.3) is 0 Å². The van der Waals surface area contributed by atoms with E-state index in [0.717, 1.165) is 45.1 Å². The Kier molecular flexibility index (Phi) is 6.27. The van der Waals surface area contributed by atoms with Crippen molar-refractivity contribution in [2.75, 3.05) is 13.1 Å². The van der Waals surface area contributed by atoms with E-state index in [1.807, 2.05) is 0 Å². The SMILES string of the molecule is CCCCCCN1CC(OC(=O)C2CCCCC2)=CC1=O. The number of hydrogen-bond donors (Lipinski definition) is 0. The highest BCUT2D eigenvalue weighted by Gasteiger charge is 2.27. The first-order chi connectivity index (χ1) is 10.2. The Morgan fingerprint density at radius 3 is 2.71 bits per heavy atom. The molecule has 1 amide bonds. The summed E-state index contributed by atoms with van der Waals surface area (Å²) < 4.78 is 5.44. The number of carbonyl (C=O) groups is 2. The van der Waals surface area contributed by atoms with Crippen LogP contribution in [-0.4, -0.2) is 29.9 Å². The number of unbranched alkanes of at least 4 members (excludes halogenated alkanes) is 3. The van der Waals surface area contributed by atoms with Gasteiger partial charge in [-0.25, -0.2) is 0 Å². The second-order valence-electron chi connectivity index (χ2n) is 6.19. The Labute approximate surface area is 127 Å². The number of carbonyl (C=O) groups excluding carboxylic acids is 2. The average Bonchev–Trinajstić information content (AvgIpc) is 2.84. The van der Waals surface area contributed by atoms with Crippen molar-refractivity contribution in [1.29, 1.82) is 0 Å². The first-order valence-corrected chi connectivity index (χ1v) is 8.42. The summed E-state index contributed by atoms with van der Waals surface area (Å²) in [6.07, 6.45) is 11.4. The van der Waals surface area contributed by atoms with Crippen LogP contribution in [0.1, 0.15) is 64.7 Å². The van der Waals surface area contributed by atoms with Gasteiger partial charge in [0.2, 0.25) is 5.91 Å². The molecule has 0 atom stereocenters. The fraction of sp³-hybridized carbons (Fsp3) is 0.765. The summed E-state index contributed by atoms with van der Waals surface area (Å²) in [6, 6.07) is 0. The molecule has 0 aromatic heterocycles. The van der Waals surface area contributed by atoms with Gasteiger partial charge in [-0.1, -0.05) is 45.4 Å². The third-order valence-corrected chi connectivity index (χ3v) is 4.39. The molecule has 118 valence electrons. The highest BCUT2D eigenvalue weighted by Crippen LogP contribution is 2.26. The van der Waals surface area contributed by atoms with Gasteiger partial charge in [-0.15, -0.1) is 0 Å². The molecule has 2 aliphatic rings. The predicted molar refractivity (Wildman–Crippen MR) is 81.5 cm³/mol. The molecule has 4 heteroatoms. The zero-order valence-corrected chi connectivity index (χ0v) is 13.1. The largest absolute Gasteiger partial charge is 0.429 e. The first-order valence-electron chi connectivity index (χ1n) is 8.42. The molecular formula is C17H27NO3. The van der Waals surface area contributed by atoms with Gasteiger partial charge in [0.05, 0.1) is 12.5 Å². The summed E-state index contributed by atoms with van der Waals surface area (Å²) >= 11 is 0. The van der Waals surface area contributed by atoms with Gasteiger partial charge >= 0.3 is 5.97 Å². The Balaban J connectivity index is 1.73. The standard InChI is InChI=1S/C17H27NO3/c1-2-3-4-8-11-18-13-15(12-16(18)19)21-17(20)14-9-6-5-7-10-14/h12,14H,2-11,13H2,1H3. The smallest absolute Gasteiger partial charge is 0.314 e. The minimum atomic E-state index is -0.137. The quantitative estimate of drug-likeness (QED) is 0.534. The maximum absolute atomic E-state index is 12.1. The van der Waals surface area contributed by atoms with Crippen molar-refractivity contribution in [3.63, 3.8) is 0 Å². The van der Waals surface area contributed by atoms with Gasteiger partial charge in [0.25, 0.3) is 0 Å². The van der Waals surface area contributed by atoms with E-state index < -0.39 is 0 Å². The summed E-state index contributed by atoms with van der Waals surface area (Å²) in [6.45, 7) is 3.40. The minimum Gasteiger partial charge on any atom is -0.429 e. The molecule has 0 bridgehead atoms. The van der Waals surface area contributed by atoms with Crippen molar-refractivity contribution >= 4 is 11.9 Å². The van der Waals surface area contributed by atoms with Crippen molar-refractivity contribution < 1.29 is 14.3 Å². The molecule has 4 nitrogen and oxygen atoms in total. The summed E-state index contributed by atoms with van der Waals surface area (Å²) in [5.74, 6) is 0.416. The monoisotopic (exact) mass is 293 g/mol. The van der Waals surface area contributed by atoms with E-state index in [4.69, 9.17) is 4.74 Å². The zero-order chi connectivity index (χ0) is 15.1. The normalized spacial score (nSPS) is 19.8. The lowest BCUT2D eigenvalue weighted by molar-refractivity contribution is -0.145. The molecule has 1 heterocycles. The lowest BCUT2D eigenvalue weighted by atomic mass is 9.89. The molecule has 21 heavy (non-hydrogen) atoms. The third kappa shape index (κ3) is 4.87.